The molecule has 2 aromatic carbocycles. The minimum atomic E-state index is -0.243. The van der Waals surface area contributed by atoms with E-state index in [-0.39, 0.29) is 17.7 Å². The molecule has 1 heterocycles. The Labute approximate surface area is 172 Å². The van der Waals surface area contributed by atoms with Crippen LogP contribution in [-0.4, -0.2) is 38.7 Å². The van der Waals surface area contributed by atoms with Gasteiger partial charge < -0.3 is 20.1 Å². The highest BCUT2D eigenvalue weighted by Crippen LogP contribution is 2.30. The number of methoxy groups -OCH3 is 1. The molecule has 0 aliphatic carbocycles. The molecule has 0 aromatic heterocycles. The molecule has 0 fully saturated rings. The molecule has 0 spiro atoms. The average molecular weight is 447 g/mol. The van der Waals surface area contributed by atoms with Crippen molar-refractivity contribution in [2.45, 2.75) is 12.8 Å². The van der Waals surface area contributed by atoms with Gasteiger partial charge in [0.15, 0.2) is 0 Å². The lowest BCUT2D eigenvalue weighted by Gasteiger charge is -2.25. The van der Waals surface area contributed by atoms with Gasteiger partial charge in [0.25, 0.3) is 5.91 Å². The highest BCUT2D eigenvalue weighted by Gasteiger charge is 2.26. The van der Waals surface area contributed by atoms with Crippen molar-refractivity contribution >= 4 is 33.4 Å². The van der Waals surface area contributed by atoms with Crippen molar-refractivity contribution in [2.24, 2.45) is 5.92 Å². The number of hydrogen-bond donors (Lipinski definition) is 2. The number of amides is 2. The van der Waals surface area contributed by atoms with Gasteiger partial charge in [0.2, 0.25) is 5.91 Å². The molecule has 0 saturated carbocycles. The summed E-state index contributed by atoms with van der Waals surface area (Å²) in [4.78, 5) is 24.7. The van der Waals surface area contributed by atoms with Gasteiger partial charge in [-0.05, 0) is 60.9 Å². The number of fused-ring (bicyclic) bond motifs is 1. The molecule has 6 nitrogen and oxygen atoms in total. The SMILES string of the molecule is COCCCNC(=O)[C@H]1COc2ccc(NC(=O)c3ccc(Br)cc3)cc2C1. The summed E-state index contributed by atoms with van der Waals surface area (Å²) in [6, 6.07) is 12.7. The van der Waals surface area contributed by atoms with E-state index in [1.807, 2.05) is 24.3 Å². The van der Waals surface area contributed by atoms with Crippen molar-refractivity contribution in [3.05, 3.63) is 58.1 Å². The third kappa shape index (κ3) is 5.33. The summed E-state index contributed by atoms with van der Waals surface area (Å²) in [6.07, 6.45) is 1.35. The molecule has 0 unspecified atom stereocenters. The quantitative estimate of drug-likeness (QED) is 0.638. The highest BCUT2D eigenvalue weighted by atomic mass is 79.9. The Morgan fingerprint density at radius 3 is 2.75 bits per heavy atom. The van der Waals surface area contributed by atoms with Gasteiger partial charge in [-0.1, -0.05) is 15.9 Å². The first-order valence-corrected chi connectivity index (χ1v) is 9.95. The van der Waals surface area contributed by atoms with E-state index in [9.17, 15) is 9.59 Å². The van der Waals surface area contributed by atoms with Crippen LogP contribution in [0.3, 0.4) is 0 Å². The van der Waals surface area contributed by atoms with Crippen LogP contribution in [0.2, 0.25) is 0 Å². The molecular weight excluding hydrogens is 424 g/mol. The molecule has 148 valence electrons. The average Bonchev–Trinajstić information content (AvgIpc) is 2.71. The van der Waals surface area contributed by atoms with Crippen LogP contribution >= 0.6 is 15.9 Å². The molecular formula is C21H23BrN2O4. The lowest BCUT2D eigenvalue weighted by molar-refractivity contribution is -0.126. The van der Waals surface area contributed by atoms with Crippen LogP contribution in [0.25, 0.3) is 0 Å². The predicted octanol–water partition coefficient (Wildman–Crippen LogP) is 3.41. The second kappa shape index (κ2) is 9.71. The molecule has 1 aliphatic heterocycles. The van der Waals surface area contributed by atoms with Crippen molar-refractivity contribution in [1.82, 2.24) is 5.32 Å². The fourth-order valence-electron chi connectivity index (χ4n) is 3.02. The van der Waals surface area contributed by atoms with E-state index in [2.05, 4.69) is 26.6 Å². The van der Waals surface area contributed by atoms with Crippen molar-refractivity contribution in [2.75, 3.05) is 32.2 Å². The molecule has 1 atom stereocenters. The van der Waals surface area contributed by atoms with Crippen molar-refractivity contribution in [3.63, 3.8) is 0 Å². The van der Waals surface area contributed by atoms with Crippen molar-refractivity contribution < 1.29 is 19.1 Å². The molecule has 7 heteroatoms. The number of halogens is 1. The number of rotatable bonds is 7. The van der Waals surface area contributed by atoms with Gasteiger partial charge in [-0.3, -0.25) is 9.59 Å². The third-order valence-electron chi connectivity index (χ3n) is 4.53. The Bertz CT molecular complexity index is 839. The fourth-order valence-corrected chi connectivity index (χ4v) is 3.28. The molecule has 0 saturated heterocycles. The van der Waals surface area contributed by atoms with Crippen LogP contribution in [0.1, 0.15) is 22.3 Å². The third-order valence-corrected chi connectivity index (χ3v) is 5.06. The largest absolute Gasteiger partial charge is 0.492 e. The maximum atomic E-state index is 12.4. The number of carbonyl (C=O) groups is 2. The Hall–Kier alpha value is -2.38. The molecule has 3 rings (SSSR count). The van der Waals surface area contributed by atoms with Crippen LogP contribution in [-0.2, 0) is 16.0 Å². The first kappa shape index (κ1) is 20.4. The monoisotopic (exact) mass is 446 g/mol. The normalized spacial score (nSPS) is 15.3. The van der Waals surface area contributed by atoms with Gasteiger partial charge in [-0.2, -0.15) is 0 Å². The zero-order chi connectivity index (χ0) is 19.9. The Kier molecular flexibility index (Phi) is 7.06. The number of ether oxygens (including phenoxy) is 2. The van der Waals surface area contributed by atoms with E-state index in [1.165, 1.54) is 0 Å². The van der Waals surface area contributed by atoms with E-state index in [1.54, 1.807) is 25.3 Å². The topological polar surface area (TPSA) is 76.7 Å². The standard InChI is InChI=1S/C21H23BrN2O4/c1-27-10-2-9-23-20(25)16-11-15-12-18(7-8-19(15)28-13-16)24-21(26)14-3-5-17(22)6-4-14/h3-8,12,16H,2,9-11,13H2,1H3,(H,23,25)(H,24,26)/t16-/m1/s1. The van der Waals surface area contributed by atoms with Crippen LogP contribution < -0.4 is 15.4 Å². The summed E-state index contributed by atoms with van der Waals surface area (Å²) in [6.45, 7) is 1.55. The number of carbonyl (C=O) groups excluding carboxylic acids is 2. The minimum absolute atomic E-state index is 0.0222. The summed E-state index contributed by atoms with van der Waals surface area (Å²) >= 11 is 3.36. The summed E-state index contributed by atoms with van der Waals surface area (Å²) in [5.74, 6) is 0.306. The summed E-state index contributed by atoms with van der Waals surface area (Å²) < 4.78 is 11.6. The van der Waals surface area contributed by atoms with Gasteiger partial charge in [0, 0.05) is 36.0 Å². The Morgan fingerprint density at radius 2 is 2.00 bits per heavy atom. The van der Waals surface area contributed by atoms with E-state index in [4.69, 9.17) is 9.47 Å². The van der Waals surface area contributed by atoms with Crippen LogP contribution in [0, 0.1) is 5.92 Å². The maximum Gasteiger partial charge on any atom is 0.255 e. The van der Waals surface area contributed by atoms with Crippen molar-refractivity contribution in [1.29, 1.82) is 0 Å². The van der Waals surface area contributed by atoms with Gasteiger partial charge >= 0.3 is 0 Å². The second-order valence-electron chi connectivity index (χ2n) is 6.63. The number of anilines is 1. The minimum Gasteiger partial charge on any atom is -0.492 e. The molecule has 0 bridgehead atoms. The number of nitrogens with one attached hydrogen (secondary N) is 2. The number of benzene rings is 2. The second-order valence-corrected chi connectivity index (χ2v) is 7.55. The van der Waals surface area contributed by atoms with E-state index in [0.717, 1.165) is 22.2 Å². The molecule has 1 aliphatic rings. The first-order valence-electron chi connectivity index (χ1n) is 9.16. The van der Waals surface area contributed by atoms with Gasteiger partial charge in [-0.15, -0.1) is 0 Å². The summed E-state index contributed by atoms with van der Waals surface area (Å²) in [5.41, 5.74) is 2.17. The van der Waals surface area contributed by atoms with Crippen molar-refractivity contribution in [3.8, 4) is 5.75 Å². The van der Waals surface area contributed by atoms with Gasteiger partial charge in [-0.25, -0.2) is 0 Å². The maximum absolute atomic E-state index is 12.4. The highest BCUT2D eigenvalue weighted by molar-refractivity contribution is 9.10. The van der Waals surface area contributed by atoms with Gasteiger partial charge in [0.05, 0.1) is 5.92 Å². The predicted molar refractivity (Wildman–Crippen MR) is 111 cm³/mol. The first-order chi connectivity index (χ1) is 13.6. The van der Waals surface area contributed by atoms with Crippen LogP contribution in [0.5, 0.6) is 5.75 Å². The zero-order valence-electron chi connectivity index (χ0n) is 15.7. The molecule has 2 aromatic rings. The van der Waals surface area contributed by atoms with E-state index in [0.29, 0.717) is 37.4 Å². The summed E-state index contributed by atoms with van der Waals surface area (Å²) in [7, 11) is 1.64. The van der Waals surface area contributed by atoms with Crippen LogP contribution in [0.4, 0.5) is 5.69 Å². The zero-order valence-corrected chi connectivity index (χ0v) is 17.3. The van der Waals surface area contributed by atoms with E-state index < -0.39 is 0 Å². The fraction of sp³-hybridized carbons (Fsp3) is 0.333. The molecule has 2 N–H and O–H groups in total. The molecule has 0 radical (unpaired) electrons. The molecule has 2 amide bonds. The smallest absolute Gasteiger partial charge is 0.255 e. The summed E-state index contributed by atoms with van der Waals surface area (Å²) in [5, 5.41) is 5.81. The lowest BCUT2D eigenvalue weighted by Crippen LogP contribution is -2.38. The Balaban J connectivity index is 1.62. The Morgan fingerprint density at radius 1 is 1.21 bits per heavy atom. The lowest BCUT2D eigenvalue weighted by atomic mass is 9.95. The van der Waals surface area contributed by atoms with Gasteiger partial charge in [0.1, 0.15) is 12.4 Å². The molecule has 28 heavy (non-hydrogen) atoms. The van der Waals surface area contributed by atoms with E-state index >= 15 is 0 Å². The van der Waals surface area contributed by atoms with Crippen LogP contribution in [0.15, 0.2) is 46.9 Å². The number of hydrogen-bond acceptors (Lipinski definition) is 4.